The molecule has 1 aliphatic rings. The minimum absolute atomic E-state index is 0.336. The summed E-state index contributed by atoms with van der Waals surface area (Å²) in [5.74, 6) is 1.17. The smallest absolute Gasteiger partial charge is 0.248 e. The van der Waals surface area contributed by atoms with Gasteiger partial charge in [-0.05, 0) is 67.2 Å². The molecule has 0 heterocycles. The molecule has 0 aliphatic heterocycles. The average molecular weight is 332 g/mol. The minimum atomic E-state index is -0.336. The third-order valence-corrected chi connectivity index (χ3v) is 5.19. The van der Waals surface area contributed by atoms with E-state index in [4.69, 9.17) is 10.5 Å². The number of nitrogens with two attached hydrogens (primary N) is 1. The van der Waals surface area contributed by atoms with Gasteiger partial charge in [-0.15, -0.1) is 0 Å². The highest BCUT2D eigenvalue weighted by Crippen LogP contribution is 2.42. The van der Waals surface area contributed by atoms with Crippen LogP contribution >= 0.6 is 0 Å². The summed E-state index contributed by atoms with van der Waals surface area (Å²) in [6.07, 6.45) is 9.41. The molecule has 1 amide bonds. The van der Waals surface area contributed by atoms with Crippen molar-refractivity contribution >= 4 is 5.91 Å². The van der Waals surface area contributed by atoms with Gasteiger partial charge in [-0.3, -0.25) is 4.79 Å². The van der Waals surface area contributed by atoms with E-state index >= 15 is 0 Å². The Kier molecular flexibility index (Phi) is 6.70. The van der Waals surface area contributed by atoms with Crippen LogP contribution < -0.4 is 10.5 Å². The van der Waals surface area contributed by atoms with Crippen LogP contribution in [0.1, 0.15) is 81.6 Å². The van der Waals surface area contributed by atoms with E-state index < -0.39 is 0 Å². The summed E-state index contributed by atoms with van der Waals surface area (Å²) < 4.78 is 5.88. The number of carbonyl (C=O) groups excluding carboxylic acids is 1. The van der Waals surface area contributed by atoms with E-state index in [2.05, 4.69) is 20.8 Å². The van der Waals surface area contributed by atoms with Crippen molar-refractivity contribution in [3.05, 3.63) is 29.3 Å². The summed E-state index contributed by atoms with van der Waals surface area (Å²) >= 11 is 0. The van der Waals surface area contributed by atoms with Crippen molar-refractivity contribution in [1.82, 2.24) is 0 Å². The maximum atomic E-state index is 11.7. The molecule has 1 aromatic rings. The van der Waals surface area contributed by atoms with E-state index in [1.54, 1.807) is 0 Å². The van der Waals surface area contributed by atoms with Gasteiger partial charge in [-0.25, -0.2) is 0 Å². The molecule has 134 valence electrons. The molecular formula is C21H33NO2. The van der Waals surface area contributed by atoms with Gasteiger partial charge in [-0.1, -0.05) is 40.0 Å². The Bertz CT molecular complexity index is 551. The first kappa shape index (κ1) is 18.8. The molecule has 0 radical (unpaired) electrons. The Hall–Kier alpha value is -1.51. The number of amides is 1. The van der Waals surface area contributed by atoms with Gasteiger partial charge in [0.25, 0.3) is 0 Å². The number of ether oxygens (including phenoxy) is 1. The van der Waals surface area contributed by atoms with Gasteiger partial charge in [0.15, 0.2) is 0 Å². The second kappa shape index (κ2) is 8.55. The minimum Gasteiger partial charge on any atom is -0.494 e. The standard InChI is InChI=1S/C21H33NO2/c1-4-5-6-7-12-24-18-8-9-19(20(22)23)17(14-18)13-16-10-11-21(2,3)15-16/h8-9,14,16H,4-7,10-13,15H2,1-3H3,(H2,22,23). The van der Waals surface area contributed by atoms with Crippen LogP contribution in [0.25, 0.3) is 0 Å². The van der Waals surface area contributed by atoms with Gasteiger partial charge >= 0.3 is 0 Å². The van der Waals surface area contributed by atoms with Crippen molar-refractivity contribution in [3.8, 4) is 5.75 Å². The van der Waals surface area contributed by atoms with Crippen LogP contribution in [0, 0.1) is 11.3 Å². The third-order valence-electron chi connectivity index (χ3n) is 5.19. The van der Waals surface area contributed by atoms with E-state index in [1.807, 2.05) is 18.2 Å². The molecule has 1 fully saturated rings. The van der Waals surface area contributed by atoms with Crippen LogP contribution in [0.5, 0.6) is 5.75 Å². The van der Waals surface area contributed by atoms with Crippen LogP contribution in [0.2, 0.25) is 0 Å². The van der Waals surface area contributed by atoms with E-state index in [-0.39, 0.29) is 5.91 Å². The van der Waals surface area contributed by atoms with Crippen molar-refractivity contribution in [3.63, 3.8) is 0 Å². The molecule has 3 heteroatoms. The van der Waals surface area contributed by atoms with Crippen molar-refractivity contribution in [2.24, 2.45) is 17.1 Å². The fraction of sp³-hybridized carbons (Fsp3) is 0.667. The SMILES string of the molecule is CCCCCCOc1ccc(C(N)=O)c(CC2CCC(C)(C)C2)c1. The van der Waals surface area contributed by atoms with Gasteiger partial charge in [0, 0.05) is 5.56 Å². The molecule has 3 nitrogen and oxygen atoms in total. The zero-order valence-electron chi connectivity index (χ0n) is 15.6. The van der Waals surface area contributed by atoms with E-state index in [9.17, 15) is 4.79 Å². The van der Waals surface area contributed by atoms with Crippen molar-refractivity contribution in [1.29, 1.82) is 0 Å². The Morgan fingerprint density at radius 3 is 2.71 bits per heavy atom. The molecule has 0 saturated heterocycles. The number of hydrogen-bond donors (Lipinski definition) is 1. The molecule has 1 saturated carbocycles. The molecule has 24 heavy (non-hydrogen) atoms. The van der Waals surface area contributed by atoms with E-state index in [0.29, 0.717) is 16.9 Å². The summed E-state index contributed by atoms with van der Waals surface area (Å²) in [5, 5.41) is 0. The van der Waals surface area contributed by atoms with Gasteiger partial charge in [0.1, 0.15) is 5.75 Å². The lowest BCUT2D eigenvalue weighted by Crippen LogP contribution is -2.16. The number of primary amides is 1. The topological polar surface area (TPSA) is 52.3 Å². The lowest BCUT2D eigenvalue weighted by atomic mass is 9.88. The van der Waals surface area contributed by atoms with Crippen molar-refractivity contribution < 1.29 is 9.53 Å². The second-order valence-electron chi connectivity index (χ2n) is 8.07. The summed E-state index contributed by atoms with van der Waals surface area (Å²) in [6, 6.07) is 5.74. The normalized spacial score (nSPS) is 19.4. The van der Waals surface area contributed by atoms with Crippen LogP contribution in [0.15, 0.2) is 18.2 Å². The highest BCUT2D eigenvalue weighted by Gasteiger charge is 2.31. The predicted octanol–water partition coefficient (Wildman–Crippen LogP) is 5.11. The highest BCUT2D eigenvalue weighted by molar-refractivity contribution is 5.94. The van der Waals surface area contributed by atoms with Crippen molar-refractivity contribution in [2.75, 3.05) is 6.61 Å². The first-order chi connectivity index (χ1) is 11.4. The lowest BCUT2D eigenvalue weighted by Gasteiger charge is -2.18. The predicted molar refractivity (Wildman–Crippen MR) is 99.4 cm³/mol. The first-order valence-corrected chi connectivity index (χ1v) is 9.47. The molecule has 1 aliphatic carbocycles. The summed E-state index contributed by atoms with van der Waals surface area (Å²) in [6.45, 7) is 7.61. The van der Waals surface area contributed by atoms with Crippen LogP contribution in [0.3, 0.4) is 0 Å². The quantitative estimate of drug-likeness (QED) is 0.639. The zero-order valence-corrected chi connectivity index (χ0v) is 15.6. The van der Waals surface area contributed by atoms with Crippen molar-refractivity contribution in [2.45, 2.75) is 72.1 Å². The Morgan fingerprint density at radius 2 is 2.08 bits per heavy atom. The number of unbranched alkanes of at least 4 members (excludes halogenated alkanes) is 3. The summed E-state index contributed by atoms with van der Waals surface area (Å²) in [4.78, 5) is 11.7. The first-order valence-electron chi connectivity index (χ1n) is 9.47. The van der Waals surface area contributed by atoms with Crippen LogP contribution in [0.4, 0.5) is 0 Å². The molecule has 0 bridgehead atoms. The van der Waals surface area contributed by atoms with Gasteiger partial charge in [0.2, 0.25) is 5.91 Å². The fourth-order valence-electron chi connectivity index (χ4n) is 3.85. The largest absolute Gasteiger partial charge is 0.494 e. The zero-order chi connectivity index (χ0) is 17.6. The van der Waals surface area contributed by atoms with E-state index in [1.165, 1.54) is 38.5 Å². The van der Waals surface area contributed by atoms with Crippen LogP contribution in [-0.4, -0.2) is 12.5 Å². The monoisotopic (exact) mass is 331 g/mol. The third kappa shape index (κ3) is 5.54. The molecule has 1 unspecified atom stereocenters. The van der Waals surface area contributed by atoms with Crippen LogP contribution in [-0.2, 0) is 6.42 Å². The summed E-state index contributed by atoms with van der Waals surface area (Å²) in [7, 11) is 0. The molecule has 0 spiro atoms. The Morgan fingerprint density at radius 1 is 1.29 bits per heavy atom. The molecule has 1 atom stereocenters. The Balaban J connectivity index is 2.01. The molecule has 2 rings (SSSR count). The number of benzene rings is 1. The summed E-state index contributed by atoms with van der Waals surface area (Å²) in [5.41, 5.74) is 7.69. The Labute approximate surface area is 147 Å². The fourth-order valence-corrected chi connectivity index (χ4v) is 3.85. The highest BCUT2D eigenvalue weighted by atomic mass is 16.5. The number of hydrogen-bond acceptors (Lipinski definition) is 2. The van der Waals surface area contributed by atoms with Gasteiger partial charge in [-0.2, -0.15) is 0 Å². The van der Waals surface area contributed by atoms with E-state index in [0.717, 1.165) is 30.8 Å². The average Bonchev–Trinajstić information content (AvgIpc) is 2.86. The molecule has 2 N–H and O–H groups in total. The van der Waals surface area contributed by atoms with Gasteiger partial charge in [0.05, 0.1) is 6.61 Å². The molecular weight excluding hydrogens is 298 g/mol. The maximum absolute atomic E-state index is 11.7. The molecule has 1 aromatic carbocycles. The van der Waals surface area contributed by atoms with Gasteiger partial charge < -0.3 is 10.5 Å². The second-order valence-corrected chi connectivity index (χ2v) is 8.07. The lowest BCUT2D eigenvalue weighted by molar-refractivity contribution is 0.0999. The molecule has 0 aromatic heterocycles. The number of carbonyl (C=O) groups is 1. The maximum Gasteiger partial charge on any atom is 0.248 e. The number of rotatable bonds is 9.